The van der Waals surface area contributed by atoms with E-state index in [1.165, 1.54) is 23.5 Å². The van der Waals surface area contributed by atoms with Crippen LogP contribution in [0.2, 0.25) is 0 Å². The fourth-order valence-electron chi connectivity index (χ4n) is 6.68. The molecule has 5 rings (SSSR count). The molecule has 2 atom stereocenters. The van der Waals surface area contributed by atoms with Crippen LogP contribution in [0.5, 0.6) is 0 Å². The molecule has 1 saturated heterocycles. The number of amides is 2. The van der Waals surface area contributed by atoms with Crippen LogP contribution in [0.25, 0.3) is 32.7 Å². The highest BCUT2D eigenvalue weighted by Crippen LogP contribution is 2.40. The number of ether oxygens (including phenoxy) is 2. The molecule has 0 spiro atoms. The summed E-state index contributed by atoms with van der Waals surface area (Å²) >= 11 is 1.47. The van der Waals surface area contributed by atoms with Crippen LogP contribution >= 0.6 is 11.3 Å². The lowest BCUT2D eigenvalue weighted by Gasteiger charge is -2.34. The van der Waals surface area contributed by atoms with Gasteiger partial charge in [-0.25, -0.2) is 15.2 Å². The molecular weight excluding hydrogens is 681 g/mol. The third-order valence-electron chi connectivity index (χ3n) is 9.19. The zero-order chi connectivity index (χ0) is 37.8. The quantitative estimate of drug-likeness (QED) is 0.148. The van der Waals surface area contributed by atoms with Gasteiger partial charge in [0.2, 0.25) is 0 Å². The molecule has 0 radical (unpaired) electrons. The van der Waals surface area contributed by atoms with Crippen LogP contribution in [0.4, 0.5) is 4.79 Å². The number of benzene rings is 1. The number of methoxy groups -OCH3 is 1. The number of hydrogen-bond acceptors (Lipinski definition) is 10. The first kappa shape index (κ1) is 38.9. The summed E-state index contributed by atoms with van der Waals surface area (Å²) in [4.78, 5) is 48.7. The third-order valence-corrected chi connectivity index (χ3v) is 10.1. The molecule has 0 unspecified atom stereocenters. The number of hydrazine groups is 1. The van der Waals surface area contributed by atoms with Gasteiger partial charge in [-0.15, -0.1) is 11.3 Å². The van der Waals surface area contributed by atoms with Gasteiger partial charge in [0, 0.05) is 65.4 Å². The molecule has 0 saturated carbocycles. The number of thiazole rings is 1. The molecule has 4 heterocycles. The summed E-state index contributed by atoms with van der Waals surface area (Å²) in [6, 6.07) is 8.82. The first-order valence-electron chi connectivity index (χ1n) is 18.0. The third kappa shape index (κ3) is 8.82. The Morgan fingerprint density at radius 1 is 1.15 bits per heavy atom. The number of alkyl carbamates (subject to hydrolysis) is 1. The van der Waals surface area contributed by atoms with Crippen LogP contribution in [-0.2, 0) is 44.9 Å². The highest BCUT2D eigenvalue weighted by Gasteiger charge is 2.34. The van der Waals surface area contributed by atoms with E-state index in [0.717, 1.165) is 57.0 Å². The largest absolute Gasteiger partial charge is 0.468 e. The lowest BCUT2D eigenvalue weighted by molar-refractivity contribution is -0.150. The minimum Gasteiger partial charge on any atom is -0.468 e. The zero-order valence-corrected chi connectivity index (χ0v) is 32.4. The molecule has 1 aromatic carbocycles. The number of carbonyl (C=O) groups excluding carboxylic acids is 3. The van der Waals surface area contributed by atoms with Crippen LogP contribution in [0.3, 0.4) is 0 Å². The van der Waals surface area contributed by atoms with Gasteiger partial charge in [0.25, 0.3) is 5.91 Å². The Hall–Kier alpha value is -4.33. The molecule has 0 bridgehead atoms. The average molecular weight is 733 g/mol. The van der Waals surface area contributed by atoms with Crippen molar-refractivity contribution in [1.29, 1.82) is 0 Å². The maximum Gasteiger partial charge on any atom is 0.408 e. The number of nitrogens with one attached hydrogen (secondary N) is 2. The Kier molecular flexibility index (Phi) is 12.1. The Bertz CT molecular complexity index is 1910. The van der Waals surface area contributed by atoms with E-state index in [1.54, 1.807) is 20.8 Å². The second kappa shape index (κ2) is 16.1. The van der Waals surface area contributed by atoms with E-state index >= 15 is 0 Å². The van der Waals surface area contributed by atoms with Crippen molar-refractivity contribution in [2.45, 2.75) is 105 Å². The van der Waals surface area contributed by atoms with Crippen LogP contribution in [-0.4, -0.2) is 80.6 Å². The van der Waals surface area contributed by atoms with E-state index < -0.39 is 35.7 Å². The summed E-state index contributed by atoms with van der Waals surface area (Å²) in [5.74, 6) is -0.854. The van der Waals surface area contributed by atoms with Crippen molar-refractivity contribution in [1.82, 2.24) is 30.3 Å². The van der Waals surface area contributed by atoms with Crippen LogP contribution in [0, 0.1) is 5.41 Å². The van der Waals surface area contributed by atoms with Crippen molar-refractivity contribution >= 4 is 40.2 Å². The Morgan fingerprint density at radius 3 is 2.60 bits per heavy atom. The van der Waals surface area contributed by atoms with Crippen LogP contribution < -0.4 is 10.7 Å². The summed E-state index contributed by atoms with van der Waals surface area (Å²) in [5.41, 5.74) is 8.91. The predicted molar refractivity (Wildman–Crippen MR) is 203 cm³/mol. The molecule has 12 nitrogen and oxygen atoms in total. The van der Waals surface area contributed by atoms with Crippen molar-refractivity contribution in [2.75, 3.05) is 20.3 Å². The average Bonchev–Trinajstić information content (AvgIpc) is 3.71. The summed E-state index contributed by atoms with van der Waals surface area (Å²) in [5, 5.41) is 18.2. The first-order chi connectivity index (χ1) is 24.7. The number of carbonyl (C=O) groups is 3. The lowest BCUT2D eigenvalue weighted by Crippen LogP contribution is -2.60. The van der Waals surface area contributed by atoms with Crippen molar-refractivity contribution in [2.24, 2.45) is 5.41 Å². The molecule has 52 heavy (non-hydrogen) atoms. The molecule has 3 N–H and O–H groups in total. The monoisotopic (exact) mass is 732 g/mol. The maximum absolute atomic E-state index is 13.9. The number of esters is 1. The first-order valence-corrected chi connectivity index (χ1v) is 18.9. The molecule has 0 aliphatic carbocycles. The second-order valence-corrected chi connectivity index (χ2v) is 15.9. The molecule has 1 fully saturated rings. The summed E-state index contributed by atoms with van der Waals surface area (Å²) < 4.78 is 12.7. The van der Waals surface area contributed by atoms with Gasteiger partial charge in [-0.3, -0.25) is 19.6 Å². The van der Waals surface area contributed by atoms with Crippen LogP contribution in [0.1, 0.15) is 78.3 Å². The number of nitrogens with zero attached hydrogens (tertiary/aromatic N) is 4. The van der Waals surface area contributed by atoms with E-state index in [1.807, 2.05) is 17.6 Å². The van der Waals surface area contributed by atoms with Gasteiger partial charge in [-0.2, -0.15) is 0 Å². The SMILES string of the molecule is CCc1ncccc1-c1c(CC(C)(C)CO)c2cc(-c3nc(C[C@H](NC(=O)OC(C)(C)C)C(=O)N4CCC[C@@H](C(=O)OC)N4)cs3)ccc2n1CC. The number of pyridine rings is 1. The van der Waals surface area contributed by atoms with Crippen molar-refractivity contribution < 1.29 is 29.0 Å². The summed E-state index contributed by atoms with van der Waals surface area (Å²) in [7, 11) is 1.31. The van der Waals surface area contributed by atoms with E-state index in [-0.39, 0.29) is 18.4 Å². The number of aliphatic hydroxyl groups excluding tert-OH is 1. The fraction of sp³-hybridized carbons (Fsp3) is 0.513. The van der Waals surface area contributed by atoms with Crippen molar-refractivity contribution in [3.05, 3.63) is 58.9 Å². The predicted octanol–water partition coefficient (Wildman–Crippen LogP) is 6.07. The molecule has 4 aromatic rings. The number of hydrogen-bond donors (Lipinski definition) is 3. The molecule has 2 amide bonds. The fourth-order valence-corrected chi connectivity index (χ4v) is 7.51. The summed E-state index contributed by atoms with van der Waals surface area (Å²) in [6.45, 7) is 14.9. The highest BCUT2D eigenvalue weighted by molar-refractivity contribution is 7.13. The van der Waals surface area contributed by atoms with E-state index in [2.05, 4.69) is 67.3 Å². The Balaban J connectivity index is 1.51. The van der Waals surface area contributed by atoms with Crippen molar-refractivity contribution in [3.8, 4) is 21.8 Å². The molecule has 13 heteroatoms. The molecule has 3 aromatic heterocycles. The zero-order valence-electron chi connectivity index (χ0n) is 31.5. The second-order valence-electron chi connectivity index (χ2n) is 15.0. The minimum atomic E-state index is -1.00. The minimum absolute atomic E-state index is 0.0436. The van der Waals surface area contributed by atoms with Gasteiger partial charge in [-0.05, 0) is 94.7 Å². The van der Waals surface area contributed by atoms with Gasteiger partial charge in [-0.1, -0.05) is 20.8 Å². The lowest BCUT2D eigenvalue weighted by atomic mass is 9.84. The topological polar surface area (TPSA) is 148 Å². The summed E-state index contributed by atoms with van der Waals surface area (Å²) in [6.07, 6.45) is 3.82. The van der Waals surface area contributed by atoms with Gasteiger partial charge < -0.3 is 24.5 Å². The number of rotatable bonds is 12. The molecular formula is C39H52N6O6S. The van der Waals surface area contributed by atoms with Crippen molar-refractivity contribution in [3.63, 3.8) is 0 Å². The van der Waals surface area contributed by atoms with Gasteiger partial charge in [0.05, 0.1) is 18.5 Å². The smallest absolute Gasteiger partial charge is 0.408 e. The maximum atomic E-state index is 13.9. The number of aryl methyl sites for hydroxylation is 2. The molecule has 280 valence electrons. The van der Waals surface area contributed by atoms with Gasteiger partial charge >= 0.3 is 12.1 Å². The highest BCUT2D eigenvalue weighted by atomic mass is 32.1. The van der Waals surface area contributed by atoms with E-state index in [4.69, 9.17) is 19.4 Å². The Morgan fingerprint density at radius 2 is 1.92 bits per heavy atom. The standard InChI is InChI=1S/C39H52N6O6S/c1-9-29-26(13-11-17-40-29)33-28(21-39(6,7)23-46)27-19-24(15-16-32(27)44(33)10-2)34-41-25(22-52-34)20-31(42-37(49)51-38(3,4)5)35(47)45-18-12-14-30(43-45)36(48)50-8/h11,13,15-17,19,22,30-31,43,46H,9-10,12,14,18,20-21,23H2,1-8H3,(H,42,49)/t30-,31-/m0/s1. The molecule has 1 aliphatic rings. The van der Waals surface area contributed by atoms with Gasteiger partial charge in [0.1, 0.15) is 22.7 Å². The van der Waals surface area contributed by atoms with Gasteiger partial charge in [0.15, 0.2) is 0 Å². The number of aliphatic hydroxyl groups is 1. The Labute approximate surface area is 309 Å². The normalized spacial score (nSPS) is 15.8. The van der Waals surface area contributed by atoms with E-state index in [0.29, 0.717) is 31.5 Å². The number of aromatic nitrogens is 3. The molecule has 1 aliphatic heterocycles. The number of fused-ring (bicyclic) bond motifs is 1. The van der Waals surface area contributed by atoms with Crippen LogP contribution in [0.15, 0.2) is 41.9 Å². The van der Waals surface area contributed by atoms with E-state index in [9.17, 15) is 19.5 Å².